The van der Waals surface area contributed by atoms with E-state index in [2.05, 4.69) is 18.2 Å². The maximum absolute atomic E-state index is 13.5. The molecule has 0 bridgehead atoms. The van der Waals surface area contributed by atoms with Gasteiger partial charge in [-0.3, -0.25) is 4.79 Å². The predicted molar refractivity (Wildman–Crippen MR) is 121 cm³/mol. The van der Waals surface area contributed by atoms with Crippen molar-refractivity contribution in [2.24, 2.45) is 5.73 Å². The Bertz CT molecular complexity index is 946. The zero-order chi connectivity index (χ0) is 22.2. The van der Waals surface area contributed by atoms with Crippen molar-refractivity contribution >= 4 is 16.7 Å². The van der Waals surface area contributed by atoms with Gasteiger partial charge in [0, 0.05) is 26.2 Å². The van der Waals surface area contributed by atoms with Crippen molar-refractivity contribution in [3.63, 3.8) is 0 Å². The monoisotopic (exact) mass is 424 g/mol. The van der Waals surface area contributed by atoms with Crippen LogP contribution in [0.2, 0.25) is 0 Å². The van der Waals surface area contributed by atoms with Crippen LogP contribution in [0.4, 0.5) is 0 Å². The average molecular weight is 425 g/mol. The van der Waals surface area contributed by atoms with Crippen molar-refractivity contribution in [1.82, 2.24) is 4.90 Å². The number of hydrogen-bond acceptors (Lipinski definition) is 5. The van der Waals surface area contributed by atoms with Crippen molar-refractivity contribution in [3.8, 4) is 0 Å². The predicted octanol–water partition coefficient (Wildman–Crippen LogP) is 4.12. The molecule has 1 aromatic heterocycles. The third-order valence-electron chi connectivity index (χ3n) is 5.37. The number of hydrogen-bond donors (Lipinski definition) is 1. The number of furan rings is 1. The highest BCUT2D eigenvalue weighted by atomic mass is 16.7. The molecule has 1 heterocycles. The number of ether oxygens (including phenoxy) is 2. The van der Waals surface area contributed by atoms with E-state index in [0.717, 1.165) is 16.3 Å². The molecule has 2 atom stereocenters. The van der Waals surface area contributed by atoms with E-state index in [-0.39, 0.29) is 11.9 Å². The highest BCUT2D eigenvalue weighted by molar-refractivity contribution is 5.87. The Morgan fingerprint density at radius 3 is 2.42 bits per heavy atom. The Balaban J connectivity index is 1.91. The molecule has 0 aliphatic carbocycles. The summed E-state index contributed by atoms with van der Waals surface area (Å²) in [7, 11) is 0. The van der Waals surface area contributed by atoms with Crippen LogP contribution in [0.3, 0.4) is 0 Å². The lowest BCUT2D eigenvalue weighted by Gasteiger charge is -2.36. The van der Waals surface area contributed by atoms with Gasteiger partial charge in [0.1, 0.15) is 5.76 Å². The third-order valence-corrected chi connectivity index (χ3v) is 5.37. The van der Waals surface area contributed by atoms with E-state index in [1.165, 1.54) is 0 Å². The molecule has 0 saturated heterocycles. The lowest BCUT2D eigenvalue weighted by atomic mass is 10.0. The average Bonchev–Trinajstić information content (AvgIpc) is 3.29. The summed E-state index contributed by atoms with van der Waals surface area (Å²) in [6, 6.07) is 16.9. The molecule has 2 N–H and O–H groups in total. The minimum absolute atomic E-state index is 0.166. The number of rotatable bonds is 11. The van der Waals surface area contributed by atoms with E-state index in [1.54, 1.807) is 17.2 Å². The smallest absolute Gasteiger partial charge is 0.240 e. The molecule has 3 aromatic rings. The fourth-order valence-corrected chi connectivity index (χ4v) is 3.78. The zero-order valence-electron chi connectivity index (χ0n) is 18.5. The number of amides is 1. The Kier molecular flexibility index (Phi) is 8.23. The minimum Gasteiger partial charge on any atom is -0.469 e. The Morgan fingerprint density at radius 2 is 1.74 bits per heavy atom. The van der Waals surface area contributed by atoms with E-state index < -0.39 is 12.3 Å². The van der Waals surface area contributed by atoms with E-state index in [0.29, 0.717) is 31.9 Å². The van der Waals surface area contributed by atoms with Gasteiger partial charge in [0.15, 0.2) is 6.29 Å². The fourth-order valence-electron chi connectivity index (χ4n) is 3.78. The second kappa shape index (κ2) is 11.1. The van der Waals surface area contributed by atoms with Crippen LogP contribution in [-0.2, 0) is 27.2 Å². The molecule has 6 nitrogen and oxygen atoms in total. The van der Waals surface area contributed by atoms with Gasteiger partial charge >= 0.3 is 0 Å². The second-order valence-electron chi connectivity index (χ2n) is 7.51. The molecular formula is C25H32N2O4. The maximum atomic E-state index is 13.5. The maximum Gasteiger partial charge on any atom is 0.240 e. The van der Waals surface area contributed by atoms with Crippen molar-refractivity contribution < 1.29 is 18.7 Å². The van der Waals surface area contributed by atoms with Crippen molar-refractivity contribution in [2.45, 2.75) is 52.1 Å². The lowest BCUT2D eigenvalue weighted by Crippen LogP contribution is -2.52. The molecule has 6 heteroatoms. The molecule has 0 saturated carbocycles. The molecule has 2 aromatic carbocycles. The quantitative estimate of drug-likeness (QED) is 0.469. The normalized spacial score (nSPS) is 13.5. The zero-order valence-corrected chi connectivity index (χ0v) is 18.5. The number of carbonyl (C=O) groups is 1. The van der Waals surface area contributed by atoms with Gasteiger partial charge in [0.05, 0.1) is 18.3 Å². The molecule has 0 fully saturated rings. The number of carbonyl (C=O) groups excluding carboxylic acids is 1. The summed E-state index contributed by atoms with van der Waals surface area (Å²) in [4.78, 5) is 15.3. The summed E-state index contributed by atoms with van der Waals surface area (Å²) >= 11 is 0. The highest BCUT2D eigenvalue weighted by Crippen LogP contribution is 2.23. The highest BCUT2D eigenvalue weighted by Gasteiger charge is 2.32. The van der Waals surface area contributed by atoms with Crippen LogP contribution in [0.25, 0.3) is 10.8 Å². The summed E-state index contributed by atoms with van der Waals surface area (Å²) in [6.45, 7) is 7.16. The first-order chi connectivity index (χ1) is 15.0. The number of nitrogens with two attached hydrogens (primary N) is 1. The molecular weight excluding hydrogens is 392 g/mol. The van der Waals surface area contributed by atoms with Crippen LogP contribution in [0.15, 0.2) is 65.3 Å². The van der Waals surface area contributed by atoms with Crippen LogP contribution in [0.5, 0.6) is 0 Å². The van der Waals surface area contributed by atoms with Gasteiger partial charge in [-0.2, -0.15) is 0 Å². The fraction of sp³-hybridized carbons (Fsp3) is 0.400. The SMILES string of the molecule is CCOC(OCC)[C@H](C)N(Cc1cccc2ccccc12)C(=O)[C@@H](N)Cc1ccco1. The summed E-state index contributed by atoms with van der Waals surface area (Å²) in [5, 5.41) is 2.24. The Hall–Kier alpha value is -2.67. The Morgan fingerprint density at radius 1 is 1.03 bits per heavy atom. The van der Waals surface area contributed by atoms with Crippen LogP contribution < -0.4 is 5.73 Å². The molecule has 0 unspecified atom stereocenters. The molecule has 1 amide bonds. The van der Waals surface area contributed by atoms with Gasteiger partial charge in [-0.15, -0.1) is 0 Å². The Labute approximate surface area is 183 Å². The van der Waals surface area contributed by atoms with Gasteiger partial charge < -0.3 is 24.5 Å². The van der Waals surface area contributed by atoms with Crippen LogP contribution >= 0.6 is 0 Å². The lowest BCUT2D eigenvalue weighted by molar-refractivity contribution is -0.179. The van der Waals surface area contributed by atoms with Gasteiger partial charge in [-0.25, -0.2) is 0 Å². The third kappa shape index (κ3) is 5.73. The summed E-state index contributed by atoms with van der Waals surface area (Å²) < 4.78 is 17.0. The van der Waals surface area contributed by atoms with Gasteiger partial charge in [-0.1, -0.05) is 42.5 Å². The van der Waals surface area contributed by atoms with Crippen LogP contribution in [-0.4, -0.2) is 42.4 Å². The van der Waals surface area contributed by atoms with Crippen molar-refractivity contribution in [2.75, 3.05) is 13.2 Å². The minimum atomic E-state index is -0.729. The number of fused-ring (bicyclic) bond motifs is 1. The van der Waals surface area contributed by atoms with E-state index >= 15 is 0 Å². The molecule has 0 aliphatic rings. The summed E-state index contributed by atoms with van der Waals surface area (Å²) in [5.74, 6) is 0.519. The largest absolute Gasteiger partial charge is 0.469 e. The molecule has 0 aliphatic heterocycles. The second-order valence-corrected chi connectivity index (χ2v) is 7.51. The first-order valence-corrected chi connectivity index (χ1v) is 10.8. The molecule has 3 rings (SSSR count). The molecule has 166 valence electrons. The standard InChI is InChI=1S/C25H32N2O4/c1-4-29-25(30-5-2)18(3)27(24(28)23(26)16-21-13-9-15-31-21)17-20-12-8-11-19-10-6-7-14-22(19)20/h6-15,18,23,25H,4-5,16-17,26H2,1-3H3/t18-,23-/m0/s1. The van der Waals surface area contributed by atoms with E-state index in [1.807, 2.05) is 51.1 Å². The molecule has 31 heavy (non-hydrogen) atoms. The first kappa shape index (κ1) is 23.0. The van der Waals surface area contributed by atoms with E-state index in [9.17, 15) is 4.79 Å². The summed E-state index contributed by atoms with van der Waals surface area (Å²) in [6.07, 6.45) is 1.38. The first-order valence-electron chi connectivity index (χ1n) is 10.8. The van der Waals surface area contributed by atoms with Crippen molar-refractivity contribution in [3.05, 3.63) is 72.2 Å². The number of benzene rings is 2. The van der Waals surface area contributed by atoms with Gasteiger partial charge in [0.25, 0.3) is 0 Å². The summed E-state index contributed by atoms with van der Waals surface area (Å²) in [5.41, 5.74) is 7.38. The van der Waals surface area contributed by atoms with Gasteiger partial charge in [-0.05, 0) is 49.2 Å². The van der Waals surface area contributed by atoms with Crippen LogP contribution in [0.1, 0.15) is 32.1 Å². The molecule has 0 radical (unpaired) electrons. The van der Waals surface area contributed by atoms with Crippen LogP contribution in [0, 0.1) is 0 Å². The number of nitrogens with zero attached hydrogens (tertiary/aromatic N) is 1. The van der Waals surface area contributed by atoms with Crippen molar-refractivity contribution in [1.29, 1.82) is 0 Å². The molecule has 0 spiro atoms. The van der Waals surface area contributed by atoms with Gasteiger partial charge in [0.2, 0.25) is 5.91 Å². The topological polar surface area (TPSA) is 77.9 Å². The van der Waals surface area contributed by atoms with E-state index in [4.69, 9.17) is 19.6 Å².